The van der Waals surface area contributed by atoms with Gasteiger partial charge in [0.2, 0.25) is 0 Å². The van der Waals surface area contributed by atoms with Gasteiger partial charge in [0.25, 0.3) is 0 Å². The molecule has 0 fully saturated rings. The van der Waals surface area contributed by atoms with Crippen LogP contribution in [0.1, 0.15) is 15.9 Å². The summed E-state index contributed by atoms with van der Waals surface area (Å²) in [5, 5.41) is 0. The highest BCUT2D eigenvalue weighted by Crippen LogP contribution is 2.27. The summed E-state index contributed by atoms with van der Waals surface area (Å²) in [6.07, 6.45) is 0. The molecule has 0 aromatic heterocycles. The molecule has 2 heteroatoms. The maximum Gasteiger partial charge on any atom is 0.193 e. The molecule has 4 rings (SSSR count). The Balaban J connectivity index is 1.61. The number of hydrogen-bond acceptors (Lipinski definition) is 2. The van der Waals surface area contributed by atoms with Gasteiger partial charge in [-0.2, -0.15) is 0 Å². The second-order valence-corrected chi connectivity index (χ2v) is 6.18. The summed E-state index contributed by atoms with van der Waals surface area (Å²) in [5.41, 5.74) is 3.30. The zero-order chi connectivity index (χ0) is 18.5. The third kappa shape index (κ3) is 3.80. The summed E-state index contributed by atoms with van der Waals surface area (Å²) in [5.74, 6) is 1.47. The highest BCUT2D eigenvalue weighted by molar-refractivity contribution is 6.12. The number of carbonyl (C=O) groups excluding carboxylic acids is 1. The Labute approximate surface area is 158 Å². The Morgan fingerprint density at radius 1 is 0.556 bits per heavy atom. The van der Waals surface area contributed by atoms with E-state index in [1.165, 1.54) is 0 Å². The van der Waals surface area contributed by atoms with E-state index in [9.17, 15) is 4.79 Å². The van der Waals surface area contributed by atoms with Crippen molar-refractivity contribution in [3.63, 3.8) is 0 Å². The van der Waals surface area contributed by atoms with Gasteiger partial charge < -0.3 is 4.74 Å². The number of rotatable bonds is 5. The van der Waals surface area contributed by atoms with Crippen molar-refractivity contribution in [2.45, 2.75) is 0 Å². The number of ether oxygens (including phenoxy) is 1. The topological polar surface area (TPSA) is 26.3 Å². The van der Waals surface area contributed by atoms with Gasteiger partial charge in [-0.05, 0) is 47.5 Å². The Bertz CT molecular complexity index is 1040. The molecule has 0 N–H and O–H groups in total. The zero-order valence-corrected chi connectivity index (χ0v) is 14.7. The summed E-state index contributed by atoms with van der Waals surface area (Å²) >= 11 is 0. The van der Waals surface area contributed by atoms with E-state index in [0.717, 1.165) is 16.9 Å². The number of hydrogen-bond donors (Lipinski definition) is 0. The van der Waals surface area contributed by atoms with Crippen molar-refractivity contribution in [3.8, 4) is 22.6 Å². The lowest BCUT2D eigenvalue weighted by atomic mass is 9.94. The molecule has 2 nitrogen and oxygen atoms in total. The second kappa shape index (κ2) is 7.71. The van der Waals surface area contributed by atoms with Gasteiger partial charge in [-0.1, -0.05) is 72.8 Å². The summed E-state index contributed by atoms with van der Waals surface area (Å²) < 4.78 is 5.80. The minimum Gasteiger partial charge on any atom is -0.457 e. The average molecular weight is 350 g/mol. The van der Waals surface area contributed by atoms with Gasteiger partial charge in [-0.15, -0.1) is 0 Å². The van der Waals surface area contributed by atoms with E-state index in [0.29, 0.717) is 16.9 Å². The lowest BCUT2D eigenvalue weighted by Crippen LogP contribution is -2.03. The van der Waals surface area contributed by atoms with Gasteiger partial charge in [-0.3, -0.25) is 4.79 Å². The SMILES string of the molecule is O=C(c1ccc(Oc2ccccc2)cc1)c1ccccc1-c1ccccc1. The van der Waals surface area contributed by atoms with Crippen LogP contribution in [-0.2, 0) is 0 Å². The first-order valence-corrected chi connectivity index (χ1v) is 8.83. The van der Waals surface area contributed by atoms with Crippen molar-refractivity contribution in [1.82, 2.24) is 0 Å². The van der Waals surface area contributed by atoms with Crippen LogP contribution in [0.4, 0.5) is 0 Å². The van der Waals surface area contributed by atoms with Crippen LogP contribution in [0.25, 0.3) is 11.1 Å². The summed E-state index contributed by atoms with van der Waals surface area (Å²) in [4.78, 5) is 13.1. The average Bonchev–Trinajstić information content (AvgIpc) is 2.75. The van der Waals surface area contributed by atoms with Crippen LogP contribution >= 0.6 is 0 Å². The number of carbonyl (C=O) groups is 1. The molecule has 0 aliphatic rings. The van der Waals surface area contributed by atoms with Gasteiger partial charge >= 0.3 is 0 Å². The van der Waals surface area contributed by atoms with E-state index in [1.807, 2.05) is 109 Å². The van der Waals surface area contributed by atoms with Crippen LogP contribution in [0.3, 0.4) is 0 Å². The number of ketones is 1. The molecule has 130 valence electrons. The molecular weight excluding hydrogens is 332 g/mol. The van der Waals surface area contributed by atoms with Crippen LogP contribution < -0.4 is 4.74 Å². The first-order valence-electron chi connectivity index (χ1n) is 8.83. The highest BCUT2D eigenvalue weighted by atomic mass is 16.5. The fourth-order valence-corrected chi connectivity index (χ4v) is 3.01. The molecule has 4 aromatic rings. The molecule has 0 heterocycles. The van der Waals surface area contributed by atoms with E-state index >= 15 is 0 Å². The molecule has 0 spiro atoms. The molecular formula is C25H18O2. The fourth-order valence-electron chi connectivity index (χ4n) is 3.01. The molecule has 0 aliphatic heterocycles. The molecule has 4 aromatic carbocycles. The minimum absolute atomic E-state index is 0.000661. The molecule has 0 amide bonds. The third-order valence-electron chi connectivity index (χ3n) is 4.35. The van der Waals surface area contributed by atoms with Crippen LogP contribution in [-0.4, -0.2) is 5.78 Å². The van der Waals surface area contributed by atoms with Crippen molar-refractivity contribution in [2.24, 2.45) is 0 Å². The minimum atomic E-state index is 0.000661. The van der Waals surface area contributed by atoms with Gasteiger partial charge in [0, 0.05) is 11.1 Å². The largest absolute Gasteiger partial charge is 0.457 e. The first kappa shape index (κ1) is 16.8. The van der Waals surface area contributed by atoms with Crippen molar-refractivity contribution in [2.75, 3.05) is 0 Å². The van der Waals surface area contributed by atoms with Crippen molar-refractivity contribution >= 4 is 5.78 Å². The van der Waals surface area contributed by atoms with E-state index in [-0.39, 0.29) is 5.78 Å². The molecule has 0 saturated carbocycles. The molecule has 0 unspecified atom stereocenters. The van der Waals surface area contributed by atoms with E-state index in [2.05, 4.69) is 0 Å². The Kier molecular flexibility index (Phi) is 4.80. The van der Waals surface area contributed by atoms with Crippen molar-refractivity contribution in [1.29, 1.82) is 0 Å². The van der Waals surface area contributed by atoms with Crippen molar-refractivity contribution in [3.05, 3.63) is 120 Å². The normalized spacial score (nSPS) is 10.4. The van der Waals surface area contributed by atoms with E-state index < -0.39 is 0 Å². The lowest BCUT2D eigenvalue weighted by molar-refractivity contribution is 0.103. The molecule has 27 heavy (non-hydrogen) atoms. The van der Waals surface area contributed by atoms with Gasteiger partial charge in [-0.25, -0.2) is 0 Å². The third-order valence-corrected chi connectivity index (χ3v) is 4.35. The molecule has 0 bridgehead atoms. The zero-order valence-electron chi connectivity index (χ0n) is 14.7. The van der Waals surface area contributed by atoms with Gasteiger partial charge in [0.1, 0.15) is 11.5 Å². The second-order valence-electron chi connectivity index (χ2n) is 6.18. The summed E-state index contributed by atoms with van der Waals surface area (Å²) in [6, 6.07) is 34.5. The standard InChI is InChI=1S/C25H18O2/c26-25(24-14-8-7-13-23(24)19-9-3-1-4-10-19)20-15-17-22(18-16-20)27-21-11-5-2-6-12-21/h1-18H. The lowest BCUT2D eigenvalue weighted by Gasteiger charge is -2.10. The maximum atomic E-state index is 13.1. The van der Waals surface area contributed by atoms with Crippen molar-refractivity contribution < 1.29 is 9.53 Å². The smallest absolute Gasteiger partial charge is 0.193 e. The van der Waals surface area contributed by atoms with E-state index in [1.54, 1.807) is 0 Å². The maximum absolute atomic E-state index is 13.1. The predicted octanol–water partition coefficient (Wildman–Crippen LogP) is 6.38. The van der Waals surface area contributed by atoms with Crippen LogP contribution in [0, 0.1) is 0 Å². The number of benzene rings is 4. The molecule has 0 atom stereocenters. The van der Waals surface area contributed by atoms with Crippen LogP contribution in [0.5, 0.6) is 11.5 Å². The molecule has 0 saturated heterocycles. The Hall–Kier alpha value is -3.65. The van der Waals surface area contributed by atoms with E-state index in [4.69, 9.17) is 4.74 Å². The van der Waals surface area contributed by atoms with Gasteiger partial charge in [0.05, 0.1) is 0 Å². The fraction of sp³-hybridized carbons (Fsp3) is 0. The molecule has 0 radical (unpaired) electrons. The number of para-hydroxylation sites is 1. The highest BCUT2D eigenvalue weighted by Gasteiger charge is 2.14. The summed E-state index contributed by atoms with van der Waals surface area (Å²) in [7, 11) is 0. The predicted molar refractivity (Wildman–Crippen MR) is 108 cm³/mol. The monoisotopic (exact) mass is 350 g/mol. The Morgan fingerprint density at radius 3 is 1.81 bits per heavy atom. The van der Waals surface area contributed by atoms with Crippen LogP contribution in [0.2, 0.25) is 0 Å². The van der Waals surface area contributed by atoms with Crippen LogP contribution in [0.15, 0.2) is 109 Å². The van der Waals surface area contributed by atoms with Gasteiger partial charge in [0.15, 0.2) is 5.78 Å². The summed E-state index contributed by atoms with van der Waals surface area (Å²) in [6.45, 7) is 0. The first-order chi connectivity index (χ1) is 13.3. The quantitative estimate of drug-likeness (QED) is 0.391. The Morgan fingerprint density at radius 2 is 1.11 bits per heavy atom. The molecule has 0 aliphatic carbocycles.